The van der Waals surface area contributed by atoms with Crippen LogP contribution in [-0.2, 0) is 0 Å². The molecule has 0 spiro atoms. The van der Waals surface area contributed by atoms with E-state index in [4.69, 9.17) is 8.83 Å². The summed E-state index contributed by atoms with van der Waals surface area (Å²) in [4.78, 5) is 11.5. The van der Waals surface area contributed by atoms with Crippen molar-refractivity contribution in [3.8, 4) is 0 Å². The van der Waals surface area contributed by atoms with Crippen molar-refractivity contribution in [1.82, 2.24) is 0 Å². The number of rotatable bonds is 2. The summed E-state index contributed by atoms with van der Waals surface area (Å²) in [6.07, 6.45) is 1.46. The normalized spacial score (nSPS) is 10.2. The van der Waals surface area contributed by atoms with Gasteiger partial charge in [-0.3, -0.25) is 4.79 Å². The Morgan fingerprint density at radius 2 is 2.08 bits per heavy atom. The maximum Gasteiger partial charge on any atom is 0.263 e. The molecule has 2 aromatic heterocycles. The number of ketones is 1. The Labute approximate surface area is 75.0 Å². The van der Waals surface area contributed by atoms with Gasteiger partial charge in [0.1, 0.15) is 5.76 Å². The van der Waals surface area contributed by atoms with Gasteiger partial charge in [-0.1, -0.05) is 0 Å². The third kappa shape index (κ3) is 1.40. The highest BCUT2D eigenvalue weighted by Crippen LogP contribution is 2.12. The van der Waals surface area contributed by atoms with Gasteiger partial charge in [0.2, 0.25) is 0 Å². The molecule has 0 atom stereocenters. The first-order chi connectivity index (χ1) is 6.27. The van der Waals surface area contributed by atoms with Crippen molar-refractivity contribution in [2.45, 2.75) is 6.92 Å². The van der Waals surface area contributed by atoms with Gasteiger partial charge in [-0.25, -0.2) is 0 Å². The average Bonchev–Trinajstić information content (AvgIpc) is 2.72. The lowest BCUT2D eigenvalue weighted by Crippen LogP contribution is -1.96. The Morgan fingerprint density at radius 3 is 2.62 bits per heavy atom. The topological polar surface area (TPSA) is 43.4 Å². The minimum Gasteiger partial charge on any atom is -0.461 e. The monoisotopic (exact) mass is 176 g/mol. The Balaban J connectivity index is 2.33. The molecule has 0 unspecified atom stereocenters. The van der Waals surface area contributed by atoms with Gasteiger partial charge in [-0.15, -0.1) is 0 Å². The summed E-state index contributed by atoms with van der Waals surface area (Å²) in [6.45, 7) is 1.79. The first-order valence-electron chi connectivity index (χ1n) is 3.92. The van der Waals surface area contributed by atoms with Crippen LogP contribution in [0.2, 0.25) is 0 Å². The minimum atomic E-state index is -0.224. The van der Waals surface area contributed by atoms with Crippen LogP contribution < -0.4 is 0 Å². The van der Waals surface area contributed by atoms with Gasteiger partial charge >= 0.3 is 0 Å². The van der Waals surface area contributed by atoms with Crippen LogP contribution in [-0.4, -0.2) is 5.78 Å². The Kier molecular flexibility index (Phi) is 1.77. The molecule has 0 amide bonds. The number of carbonyl (C=O) groups is 1. The van der Waals surface area contributed by atoms with E-state index in [1.165, 1.54) is 6.26 Å². The van der Waals surface area contributed by atoms with Crippen molar-refractivity contribution in [1.29, 1.82) is 0 Å². The minimum absolute atomic E-state index is 0.224. The van der Waals surface area contributed by atoms with E-state index in [0.29, 0.717) is 11.5 Å². The predicted molar refractivity (Wildman–Crippen MR) is 45.6 cm³/mol. The fraction of sp³-hybridized carbons (Fsp3) is 0.100. The summed E-state index contributed by atoms with van der Waals surface area (Å²) < 4.78 is 10.1. The highest BCUT2D eigenvalue weighted by atomic mass is 16.4. The molecule has 0 fully saturated rings. The van der Waals surface area contributed by atoms with E-state index in [-0.39, 0.29) is 5.78 Å². The molecule has 13 heavy (non-hydrogen) atoms. The van der Waals surface area contributed by atoms with E-state index in [9.17, 15) is 4.79 Å². The molecule has 3 nitrogen and oxygen atoms in total. The molecule has 0 radical (unpaired) electrons. The van der Waals surface area contributed by atoms with Crippen LogP contribution >= 0.6 is 0 Å². The molecule has 2 rings (SSSR count). The molecule has 3 heteroatoms. The van der Waals surface area contributed by atoms with Crippen LogP contribution in [0.5, 0.6) is 0 Å². The second-order valence-electron chi connectivity index (χ2n) is 2.72. The number of furan rings is 2. The lowest BCUT2D eigenvalue weighted by Gasteiger charge is -1.90. The Hall–Kier alpha value is -1.77. The summed E-state index contributed by atoms with van der Waals surface area (Å²) >= 11 is 0. The van der Waals surface area contributed by atoms with Crippen LogP contribution in [0.25, 0.3) is 0 Å². The second kappa shape index (κ2) is 2.94. The van der Waals surface area contributed by atoms with Crippen molar-refractivity contribution in [2.24, 2.45) is 0 Å². The van der Waals surface area contributed by atoms with Crippen molar-refractivity contribution in [3.05, 3.63) is 47.8 Å². The molecular weight excluding hydrogens is 168 g/mol. The standard InChI is InChI=1S/C10H8O3/c1-7-4-5-9(13-7)10(11)8-3-2-6-12-8/h2-6H,1H3. The second-order valence-corrected chi connectivity index (χ2v) is 2.72. The van der Waals surface area contributed by atoms with Crippen LogP contribution in [0.4, 0.5) is 0 Å². The van der Waals surface area contributed by atoms with Gasteiger partial charge in [0.25, 0.3) is 5.78 Å². The molecular formula is C10H8O3. The molecule has 66 valence electrons. The number of hydrogen-bond donors (Lipinski definition) is 0. The highest BCUT2D eigenvalue weighted by molar-refractivity contribution is 6.05. The molecule has 0 aliphatic heterocycles. The van der Waals surface area contributed by atoms with Crippen LogP contribution in [0, 0.1) is 6.92 Å². The van der Waals surface area contributed by atoms with E-state index in [1.807, 2.05) is 0 Å². The van der Waals surface area contributed by atoms with E-state index >= 15 is 0 Å². The van der Waals surface area contributed by atoms with E-state index in [0.717, 1.165) is 5.76 Å². The van der Waals surface area contributed by atoms with Gasteiger partial charge in [0.15, 0.2) is 11.5 Å². The van der Waals surface area contributed by atoms with Crippen molar-refractivity contribution < 1.29 is 13.6 Å². The van der Waals surface area contributed by atoms with E-state index in [2.05, 4.69) is 0 Å². The number of aryl methyl sites for hydroxylation is 1. The van der Waals surface area contributed by atoms with Crippen molar-refractivity contribution in [3.63, 3.8) is 0 Å². The van der Waals surface area contributed by atoms with Crippen LogP contribution in [0.3, 0.4) is 0 Å². The third-order valence-corrected chi connectivity index (χ3v) is 1.71. The predicted octanol–water partition coefficient (Wildman–Crippen LogP) is 2.41. The molecule has 2 aromatic rings. The largest absolute Gasteiger partial charge is 0.461 e. The fourth-order valence-corrected chi connectivity index (χ4v) is 1.09. The first kappa shape index (κ1) is 7.86. The first-order valence-corrected chi connectivity index (χ1v) is 3.92. The van der Waals surface area contributed by atoms with Crippen molar-refractivity contribution >= 4 is 5.78 Å². The van der Waals surface area contributed by atoms with Gasteiger partial charge in [-0.05, 0) is 31.2 Å². The third-order valence-electron chi connectivity index (χ3n) is 1.71. The van der Waals surface area contributed by atoms with Crippen LogP contribution in [0.1, 0.15) is 22.1 Å². The van der Waals surface area contributed by atoms with Crippen LogP contribution in [0.15, 0.2) is 39.4 Å². The molecule has 0 N–H and O–H groups in total. The zero-order chi connectivity index (χ0) is 9.26. The number of hydrogen-bond acceptors (Lipinski definition) is 3. The van der Waals surface area contributed by atoms with Crippen molar-refractivity contribution in [2.75, 3.05) is 0 Å². The molecule has 0 saturated heterocycles. The SMILES string of the molecule is Cc1ccc(C(=O)c2ccco2)o1. The Morgan fingerprint density at radius 1 is 1.23 bits per heavy atom. The van der Waals surface area contributed by atoms with E-state index < -0.39 is 0 Å². The number of carbonyl (C=O) groups excluding carboxylic acids is 1. The van der Waals surface area contributed by atoms with Gasteiger partial charge in [-0.2, -0.15) is 0 Å². The maximum absolute atomic E-state index is 11.5. The Bertz CT molecular complexity index is 409. The average molecular weight is 176 g/mol. The van der Waals surface area contributed by atoms with Gasteiger partial charge < -0.3 is 8.83 Å². The molecule has 0 bridgehead atoms. The summed E-state index contributed by atoms with van der Waals surface area (Å²) in [5, 5.41) is 0. The zero-order valence-electron chi connectivity index (χ0n) is 7.11. The lowest BCUT2D eigenvalue weighted by atomic mass is 10.2. The summed E-state index contributed by atoms with van der Waals surface area (Å²) in [7, 11) is 0. The molecule has 0 aliphatic rings. The van der Waals surface area contributed by atoms with E-state index in [1.54, 1.807) is 31.2 Å². The van der Waals surface area contributed by atoms with Gasteiger partial charge in [0, 0.05) is 0 Å². The molecule has 0 aliphatic carbocycles. The van der Waals surface area contributed by atoms with Gasteiger partial charge in [0.05, 0.1) is 6.26 Å². The smallest absolute Gasteiger partial charge is 0.263 e. The lowest BCUT2D eigenvalue weighted by molar-refractivity contribution is 0.0982. The molecule has 0 aromatic carbocycles. The zero-order valence-corrected chi connectivity index (χ0v) is 7.11. The summed E-state index contributed by atoms with van der Waals surface area (Å²) in [5.74, 6) is 1.11. The highest BCUT2D eigenvalue weighted by Gasteiger charge is 2.14. The molecule has 0 saturated carbocycles. The maximum atomic E-state index is 11.5. The summed E-state index contributed by atoms with van der Waals surface area (Å²) in [5.41, 5.74) is 0. The fourth-order valence-electron chi connectivity index (χ4n) is 1.09. The summed E-state index contributed by atoms with van der Waals surface area (Å²) in [6, 6.07) is 6.67. The molecule has 2 heterocycles. The quantitative estimate of drug-likeness (QED) is 0.660.